The molecular formula is C15H20O3. The molecule has 3 nitrogen and oxygen atoms in total. The number of carbonyl (C=O) groups excluding carboxylic acids is 1. The highest BCUT2D eigenvalue weighted by molar-refractivity contribution is 5.87. The van der Waals surface area contributed by atoms with Gasteiger partial charge in [0, 0.05) is 13.2 Å². The van der Waals surface area contributed by atoms with E-state index in [0.717, 1.165) is 11.1 Å². The predicted octanol–water partition coefficient (Wildman–Crippen LogP) is 3.19. The van der Waals surface area contributed by atoms with Gasteiger partial charge in [-0.25, -0.2) is 4.79 Å². The van der Waals surface area contributed by atoms with Crippen molar-refractivity contribution in [2.45, 2.75) is 33.0 Å². The van der Waals surface area contributed by atoms with Gasteiger partial charge in [-0.3, -0.25) is 0 Å². The summed E-state index contributed by atoms with van der Waals surface area (Å²) in [5.41, 5.74) is 1.54. The first-order valence-electron chi connectivity index (χ1n) is 5.90. The van der Waals surface area contributed by atoms with E-state index in [1.54, 1.807) is 13.2 Å². The van der Waals surface area contributed by atoms with Gasteiger partial charge < -0.3 is 9.47 Å². The molecule has 18 heavy (non-hydrogen) atoms. The number of esters is 1. The molecule has 0 radical (unpaired) electrons. The fourth-order valence-corrected chi connectivity index (χ4v) is 1.48. The summed E-state index contributed by atoms with van der Waals surface area (Å²) in [5.74, 6) is -0.338. The van der Waals surface area contributed by atoms with Crippen molar-refractivity contribution in [3.63, 3.8) is 0 Å². The Hall–Kier alpha value is -1.61. The topological polar surface area (TPSA) is 35.5 Å². The standard InChI is InChI=1S/C15H20O3/c1-15(2,3)18-14(16)10-9-12-7-5-6-8-13(12)11-17-4/h5-10H,11H2,1-4H3/b10-9+. The molecule has 0 fully saturated rings. The number of methoxy groups -OCH3 is 1. The summed E-state index contributed by atoms with van der Waals surface area (Å²) in [6.45, 7) is 6.06. The molecule has 0 bridgehead atoms. The van der Waals surface area contributed by atoms with Gasteiger partial charge in [0.15, 0.2) is 0 Å². The summed E-state index contributed by atoms with van der Waals surface area (Å²) >= 11 is 0. The molecule has 0 unspecified atom stereocenters. The molecule has 0 aromatic heterocycles. The first kappa shape index (κ1) is 14.5. The van der Waals surface area contributed by atoms with Crippen molar-refractivity contribution in [3.8, 4) is 0 Å². The number of carbonyl (C=O) groups is 1. The molecule has 0 atom stereocenters. The second kappa shape index (κ2) is 6.36. The molecule has 0 aliphatic carbocycles. The Balaban J connectivity index is 2.75. The molecule has 0 saturated heterocycles. The molecule has 0 amide bonds. The first-order chi connectivity index (χ1) is 8.42. The summed E-state index contributed by atoms with van der Waals surface area (Å²) in [4.78, 5) is 11.6. The zero-order chi connectivity index (χ0) is 13.6. The van der Waals surface area contributed by atoms with Crippen LogP contribution in [0.5, 0.6) is 0 Å². The van der Waals surface area contributed by atoms with Crippen LogP contribution in [-0.4, -0.2) is 18.7 Å². The Bertz CT molecular complexity index is 428. The Kier molecular flexibility index (Phi) is 5.10. The van der Waals surface area contributed by atoms with Gasteiger partial charge in [-0.2, -0.15) is 0 Å². The maximum atomic E-state index is 11.6. The van der Waals surface area contributed by atoms with Crippen LogP contribution < -0.4 is 0 Å². The predicted molar refractivity (Wildman–Crippen MR) is 72.0 cm³/mol. The third-order valence-electron chi connectivity index (χ3n) is 2.16. The van der Waals surface area contributed by atoms with Gasteiger partial charge in [-0.1, -0.05) is 24.3 Å². The average molecular weight is 248 g/mol. The molecule has 0 heterocycles. The van der Waals surface area contributed by atoms with Crippen molar-refractivity contribution in [2.24, 2.45) is 0 Å². The molecule has 3 heteroatoms. The quantitative estimate of drug-likeness (QED) is 0.606. The second-order valence-electron chi connectivity index (χ2n) is 5.00. The van der Waals surface area contributed by atoms with Crippen molar-refractivity contribution in [1.82, 2.24) is 0 Å². The number of hydrogen-bond acceptors (Lipinski definition) is 3. The molecule has 0 aliphatic heterocycles. The van der Waals surface area contributed by atoms with Crippen LogP contribution >= 0.6 is 0 Å². The van der Waals surface area contributed by atoms with E-state index < -0.39 is 5.60 Å². The highest BCUT2D eigenvalue weighted by atomic mass is 16.6. The zero-order valence-corrected chi connectivity index (χ0v) is 11.4. The lowest BCUT2D eigenvalue weighted by Crippen LogP contribution is -2.22. The molecule has 0 spiro atoms. The van der Waals surface area contributed by atoms with E-state index in [1.807, 2.05) is 45.0 Å². The third kappa shape index (κ3) is 5.15. The number of benzene rings is 1. The largest absolute Gasteiger partial charge is 0.457 e. The lowest BCUT2D eigenvalue weighted by Gasteiger charge is -2.17. The summed E-state index contributed by atoms with van der Waals surface area (Å²) < 4.78 is 10.3. The summed E-state index contributed by atoms with van der Waals surface area (Å²) in [6.07, 6.45) is 3.20. The van der Waals surface area contributed by atoms with E-state index in [-0.39, 0.29) is 5.97 Å². The van der Waals surface area contributed by atoms with E-state index in [1.165, 1.54) is 6.08 Å². The Morgan fingerprint density at radius 3 is 2.56 bits per heavy atom. The normalized spacial score (nSPS) is 11.8. The minimum absolute atomic E-state index is 0.338. The maximum absolute atomic E-state index is 11.6. The molecule has 98 valence electrons. The van der Waals surface area contributed by atoms with Crippen LogP contribution in [0.4, 0.5) is 0 Å². The number of ether oxygens (including phenoxy) is 2. The summed E-state index contributed by atoms with van der Waals surface area (Å²) in [5, 5.41) is 0. The SMILES string of the molecule is COCc1ccccc1/C=C/C(=O)OC(C)(C)C. The van der Waals surface area contributed by atoms with Crippen molar-refractivity contribution in [3.05, 3.63) is 41.5 Å². The fourth-order valence-electron chi connectivity index (χ4n) is 1.48. The fraction of sp³-hybridized carbons (Fsp3) is 0.400. The van der Waals surface area contributed by atoms with Crippen LogP contribution in [-0.2, 0) is 20.9 Å². The van der Waals surface area contributed by atoms with Crippen LogP contribution in [0.3, 0.4) is 0 Å². The monoisotopic (exact) mass is 248 g/mol. The van der Waals surface area contributed by atoms with Gasteiger partial charge in [0.05, 0.1) is 6.61 Å². The Morgan fingerprint density at radius 2 is 1.94 bits per heavy atom. The number of hydrogen-bond donors (Lipinski definition) is 0. The molecular weight excluding hydrogens is 228 g/mol. The van der Waals surface area contributed by atoms with Gasteiger partial charge in [-0.15, -0.1) is 0 Å². The van der Waals surface area contributed by atoms with Crippen LogP contribution in [0.25, 0.3) is 6.08 Å². The Morgan fingerprint density at radius 1 is 1.28 bits per heavy atom. The van der Waals surface area contributed by atoms with Crippen LogP contribution in [0.1, 0.15) is 31.9 Å². The minimum atomic E-state index is -0.465. The van der Waals surface area contributed by atoms with Crippen LogP contribution in [0, 0.1) is 0 Å². The number of rotatable bonds is 4. The van der Waals surface area contributed by atoms with E-state index in [4.69, 9.17) is 9.47 Å². The van der Waals surface area contributed by atoms with Crippen molar-refractivity contribution >= 4 is 12.0 Å². The summed E-state index contributed by atoms with van der Waals surface area (Å²) in [6, 6.07) is 7.78. The molecule has 0 saturated carbocycles. The maximum Gasteiger partial charge on any atom is 0.331 e. The lowest BCUT2D eigenvalue weighted by atomic mass is 10.1. The van der Waals surface area contributed by atoms with Crippen LogP contribution in [0.2, 0.25) is 0 Å². The zero-order valence-electron chi connectivity index (χ0n) is 11.4. The first-order valence-corrected chi connectivity index (χ1v) is 5.90. The van der Waals surface area contributed by atoms with Gasteiger partial charge in [0.1, 0.15) is 5.60 Å². The smallest absolute Gasteiger partial charge is 0.331 e. The lowest BCUT2D eigenvalue weighted by molar-refractivity contribution is -0.148. The highest BCUT2D eigenvalue weighted by Gasteiger charge is 2.13. The van der Waals surface area contributed by atoms with E-state index >= 15 is 0 Å². The minimum Gasteiger partial charge on any atom is -0.457 e. The highest BCUT2D eigenvalue weighted by Crippen LogP contribution is 2.13. The van der Waals surface area contributed by atoms with Gasteiger partial charge >= 0.3 is 5.97 Å². The Labute approximate surface area is 108 Å². The van der Waals surface area contributed by atoms with Crippen LogP contribution in [0.15, 0.2) is 30.3 Å². The molecule has 0 N–H and O–H groups in total. The summed E-state index contributed by atoms with van der Waals surface area (Å²) in [7, 11) is 1.65. The molecule has 1 aromatic carbocycles. The molecule has 1 aromatic rings. The van der Waals surface area contributed by atoms with Gasteiger partial charge in [0.2, 0.25) is 0 Å². The van der Waals surface area contributed by atoms with E-state index in [0.29, 0.717) is 6.61 Å². The van der Waals surface area contributed by atoms with Crippen molar-refractivity contribution in [1.29, 1.82) is 0 Å². The van der Waals surface area contributed by atoms with E-state index in [2.05, 4.69) is 0 Å². The molecule has 1 rings (SSSR count). The third-order valence-corrected chi connectivity index (χ3v) is 2.16. The van der Waals surface area contributed by atoms with Gasteiger partial charge in [0.25, 0.3) is 0 Å². The molecule has 0 aliphatic rings. The van der Waals surface area contributed by atoms with Crippen molar-refractivity contribution in [2.75, 3.05) is 7.11 Å². The van der Waals surface area contributed by atoms with Crippen molar-refractivity contribution < 1.29 is 14.3 Å². The van der Waals surface area contributed by atoms with E-state index in [9.17, 15) is 4.79 Å². The van der Waals surface area contributed by atoms with Gasteiger partial charge in [-0.05, 0) is 38.0 Å². The average Bonchev–Trinajstić information content (AvgIpc) is 2.26. The second-order valence-corrected chi connectivity index (χ2v) is 5.00.